The number of rotatable bonds is 3. The summed E-state index contributed by atoms with van der Waals surface area (Å²) in [5, 5.41) is 1.92. The molecule has 1 aliphatic heterocycles. The summed E-state index contributed by atoms with van der Waals surface area (Å²) in [6.07, 6.45) is 0. The Morgan fingerprint density at radius 3 is 2.19 bits per heavy atom. The Kier molecular flexibility index (Phi) is 4.05. The van der Waals surface area contributed by atoms with Gasteiger partial charge in [0.15, 0.2) is 0 Å². The lowest BCUT2D eigenvalue weighted by atomic mass is 10.1. The first-order chi connectivity index (χ1) is 12.5. The lowest BCUT2D eigenvalue weighted by Gasteiger charge is -2.13. The van der Waals surface area contributed by atoms with Crippen molar-refractivity contribution in [3.05, 3.63) is 76.3 Å². The first kappa shape index (κ1) is 16.5. The fourth-order valence-electron chi connectivity index (χ4n) is 2.93. The fraction of sp³-hybridized carbons (Fsp3) is 0.0500. The molecule has 1 heterocycles. The van der Waals surface area contributed by atoms with Gasteiger partial charge in [0.05, 0.1) is 11.1 Å². The smallest absolute Gasteiger partial charge is 0.331 e. The third kappa shape index (κ3) is 2.88. The van der Waals surface area contributed by atoms with E-state index in [1.807, 2.05) is 24.3 Å². The fourth-order valence-corrected chi connectivity index (χ4v) is 3.31. The molecular weight excluding hydrogens is 398 g/mol. The van der Waals surface area contributed by atoms with Gasteiger partial charge in [-0.1, -0.05) is 40.2 Å². The van der Waals surface area contributed by atoms with Crippen LogP contribution in [0.2, 0.25) is 0 Å². The Balaban J connectivity index is 1.50. The predicted octanol–water partition coefficient (Wildman–Crippen LogP) is 3.80. The van der Waals surface area contributed by atoms with Crippen LogP contribution in [-0.2, 0) is 4.79 Å². The number of carbonyl (C=O) groups excluding carboxylic acids is 3. The molecule has 0 bridgehead atoms. The zero-order valence-electron chi connectivity index (χ0n) is 13.4. The minimum absolute atomic E-state index is 0.307. The summed E-state index contributed by atoms with van der Waals surface area (Å²) in [7, 11) is 0. The van der Waals surface area contributed by atoms with Crippen LogP contribution in [0.3, 0.4) is 0 Å². The molecule has 1 aliphatic rings. The number of benzene rings is 3. The van der Waals surface area contributed by atoms with Crippen LogP contribution in [0.25, 0.3) is 10.8 Å². The van der Waals surface area contributed by atoms with Gasteiger partial charge < -0.3 is 4.74 Å². The maximum atomic E-state index is 12.3. The molecule has 5 nitrogen and oxygen atoms in total. The second-order valence-electron chi connectivity index (χ2n) is 5.87. The van der Waals surface area contributed by atoms with Crippen molar-refractivity contribution in [2.45, 2.75) is 0 Å². The second-order valence-corrected chi connectivity index (χ2v) is 6.79. The first-order valence-electron chi connectivity index (χ1n) is 7.88. The van der Waals surface area contributed by atoms with Gasteiger partial charge in [0, 0.05) is 4.47 Å². The number of hydrogen-bond acceptors (Lipinski definition) is 4. The van der Waals surface area contributed by atoms with E-state index in [1.165, 1.54) is 0 Å². The van der Waals surface area contributed by atoms with E-state index in [9.17, 15) is 14.4 Å². The molecule has 128 valence electrons. The van der Waals surface area contributed by atoms with E-state index >= 15 is 0 Å². The molecule has 4 rings (SSSR count). The van der Waals surface area contributed by atoms with Crippen molar-refractivity contribution in [1.29, 1.82) is 0 Å². The number of nitrogens with zero attached hydrogens (tertiary/aromatic N) is 1. The van der Waals surface area contributed by atoms with Crippen molar-refractivity contribution in [3.63, 3.8) is 0 Å². The van der Waals surface area contributed by atoms with Crippen molar-refractivity contribution in [2.24, 2.45) is 0 Å². The van der Waals surface area contributed by atoms with Gasteiger partial charge in [0.25, 0.3) is 11.8 Å². The highest BCUT2D eigenvalue weighted by atomic mass is 79.9. The Morgan fingerprint density at radius 1 is 0.885 bits per heavy atom. The topological polar surface area (TPSA) is 63.7 Å². The first-order valence-corrected chi connectivity index (χ1v) is 8.67. The average Bonchev–Trinajstić information content (AvgIpc) is 2.87. The molecular formula is C20H12BrNO4. The molecule has 0 aliphatic carbocycles. The highest BCUT2D eigenvalue weighted by Crippen LogP contribution is 2.25. The van der Waals surface area contributed by atoms with Crippen LogP contribution in [0.5, 0.6) is 5.75 Å². The maximum absolute atomic E-state index is 12.3. The summed E-state index contributed by atoms with van der Waals surface area (Å²) in [4.78, 5) is 37.7. The van der Waals surface area contributed by atoms with E-state index in [0.717, 1.165) is 20.1 Å². The lowest BCUT2D eigenvalue weighted by Crippen LogP contribution is -2.36. The minimum atomic E-state index is -0.670. The SMILES string of the molecule is O=C(CN1C(=O)c2ccccc2C1=O)Oc1ccc2cc(Br)ccc2c1. The summed E-state index contributed by atoms with van der Waals surface area (Å²) >= 11 is 3.41. The van der Waals surface area contributed by atoms with Gasteiger partial charge in [-0.3, -0.25) is 14.5 Å². The average molecular weight is 410 g/mol. The molecule has 0 fully saturated rings. The molecule has 0 aromatic heterocycles. The Morgan fingerprint density at radius 2 is 1.50 bits per heavy atom. The summed E-state index contributed by atoms with van der Waals surface area (Å²) in [5.41, 5.74) is 0.614. The van der Waals surface area contributed by atoms with Crippen molar-refractivity contribution in [2.75, 3.05) is 6.54 Å². The monoisotopic (exact) mass is 409 g/mol. The van der Waals surface area contributed by atoms with Crippen LogP contribution in [0.15, 0.2) is 65.1 Å². The van der Waals surface area contributed by atoms with Gasteiger partial charge in [-0.15, -0.1) is 0 Å². The zero-order chi connectivity index (χ0) is 18.3. The minimum Gasteiger partial charge on any atom is -0.425 e. The molecule has 26 heavy (non-hydrogen) atoms. The quantitative estimate of drug-likeness (QED) is 0.374. The van der Waals surface area contributed by atoms with Gasteiger partial charge in [-0.2, -0.15) is 0 Å². The number of esters is 1. The molecule has 2 amide bonds. The van der Waals surface area contributed by atoms with Gasteiger partial charge >= 0.3 is 5.97 Å². The third-order valence-electron chi connectivity index (χ3n) is 4.17. The van der Waals surface area contributed by atoms with Gasteiger partial charge in [0.2, 0.25) is 0 Å². The Labute approximate surface area is 157 Å². The molecule has 0 radical (unpaired) electrons. The van der Waals surface area contributed by atoms with Crippen LogP contribution in [0.4, 0.5) is 0 Å². The number of imide groups is 1. The maximum Gasteiger partial charge on any atom is 0.331 e. The molecule has 3 aromatic rings. The van der Waals surface area contributed by atoms with E-state index in [-0.39, 0.29) is 0 Å². The van der Waals surface area contributed by atoms with E-state index in [1.54, 1.807) is 36.4 Å². The van der Waals surface area contributed by atoms with E-state index in [4.69, 9.17) is 4.74 Å². The van der Waals surface area contributed by atoms with Gasteiger partial charge in [-0.25, -0.2) is 4.79 Å². The van der Waals surface area contributed by atoms with Crippen molar-refractivity contribution in [3.8, 4) is 5.75 Å². The molecule has 3 aromatic carbocycles. The summed E-state index contributed by atoms with van der Waals surface area (Å²) in [5.74, 6) is -1.27. The van der Waals surface area contributed by atoms with Crippen LogP contribution < -0.4 is 4.74 Å². The number of amides is 2. The Bertz CT molecular complexity index is 1040. The predicted molar refractivity (Wildman–Crippen MR) is 99.1 cm³/mol. The molecule has 0 atom stereocenters. The largest absolute Gasteiger partial charge is 0.425 e. The highest BCUT2D eigenvalue weighted by Gasteiger charge is 2.36. The molecule has 0 spiro atoms. The van der Waals surface area contributed by atoms with Crippen LogP contribution >= 0.6 is 15.9 Å². The van der Waals surface area contributed by atoms with Gasteiger partial charge in [0.1, 0.15) is 12.3 Å². The van der Waals surface area contributed by atoms with Gasteiger partial charge in [-0.05, 0) is 47.2 Å². The molecule has 0 saturated carbocycles. The highest BCUT2D eigenvalue weighted by molar-refractivity contribution is 9.10. The van der Waals surface area contributed by atoms with Crippen molar-refractivity contribution >= 4 is 44.5 Å². The van der Waals surface area contributed by atoms with Crippen LogP contribution in [-0.4, -0.2) is 29.2 Å². The van der Waals surface area contributed by atoms with Crippen molar-refractivity contribution < 1.29 is 19.1 Å². The summed E-state index contributed by atoms with van der Waals surface area (Å²) < 4.78 is 6.27. The standard InChI is InChI=1S/C20H12BrNO4/c21-14-7-5-13-10-15(8-6-12(13)9-14)26-18(23)11-22-19(24)16-3-1-2-4-17(16)20(22)25/h1-10H,11H2. The van der Waals surface area contributed by atoms with E-state index in [0.29, 0.717) is 16.9 Å². The molecule has 0 unspecified atom stereocenters. The summed E-state index contributed by atoms with van der Waals surface area (Å²) in [6.45, 7) is -0.426. The number of hydrogen-bond donors (Lipinski definition) is 0. The van der Waals surface area contributed by atoms with Crippen LogP contribution in [0, 0.1) is 0 Å². The lowest BCUT2D eigenvalue weighted by molar-refractivity contribution is -0.134. The van der Waals surface area contributed by atoms with Crippen molar-refractivity contribution in [1.82, 2.24) is 4.90 Å². The Hall–Kier alpha value is -2.99. The van der Waals surface area contributed by atoms with E-state index in [2.05, 4.69) is 15.9 Å². The van der Waals surface area contributed by atoms with E-state index < -0.39 is 24.3 Å². The number of ether oxygens (including phenoxy) is 1. The second kappa shape index (κ2) is 6.38. The third-order valence-corrected chi connectivity index (χ3v) is 4.66. The summed E-state index contributed by atoms with van der Waals surface area (Å²) in [6, 6.07) is 17.5. The number of fused-ring (bicyclic) bond motifs is 2. The zero-order valence-corrected chi connectivity index (χ0v) is 15.0. The molecule has 6 heteroatoms. The molecule has 0 N–H and O–H groups in total. The van der Waals surface area contributed by atoms with Crippen LogP contribution in [0.1, 0.15) is 20.7 Å². The molecule has 0 saturated heterocycles. The number of halogens is 1. The number of carbonyl (C=O) groups is 3. The normalized spacial score (nSPS) is 13.2.